The third-order valence-corrected chi connectivity index (χ3v) is 3.41. The van der Waals surface area contributed by atoms with E-state index >= 15 is 0 Å². The summed E-state index contributed by atoms with van der Waals surface area (Å²) in [4.78, 5) is 17.4. The van der Waals surface area contributed by atoms with Gasteiger partial charge in [-0.25, -0.2) is 0 Å². The Morgan fingerprint density at radius 3 is 3.00 bits per heavy atom. The molecule has 0 aliphatic rings. The van der Waals surface area contributed by atoms with Gasteiger partial charge in [-0.2, -0.15) is 0 Å². The van der Waals surface area contributed by atoms with E-state index in [-0.39, 0.29) is 5.91 Å². The fourth-order valence-corrected chi connectivity index (χ4v) is 2.15. The third-order valence-electron chi connectivity index (χ3n) is 3.41. The van der Waals surface area contributed by atoms with Crippen LogP contribution in [-0.4, -0.2) is 56.2 Å². The smallest absolute Gasteiger partial charge is 0.253 e. The molecule has 0 atom stereocenters. The molecule has 2 aromatic rings. The molecule has 21 heavy (non-hydrogen) atoms. The van der Waals surface area contributed by atoms with Gasteiger partial charge in [0.2, 0.25) is 0 Å². The first-order chi connectivity index (χ1) is 10.1. The van der Waals surface area contributed by atoms with Crippen molar-refractivity contribution in [1.82, 2.24) is 15.2 Å². The number of hydrogen-bond acceptors (Lipinski definition) is 4. The van der Waals surface area contributed by atoms with Crippen molar-refractivity contribution >= 4 is 22.5 Å². The number of ether oxygens (including phenoxy) is 1. The van der Waals surface area contributed by atoms with Gasteiger partial charge in [0.05, 0.1) is 12.2 Å². The quantitative estimate of drug-likeness (QED) is 0.666. The average Bonchev–Trinajstić information content (AvgIpc) is 2.87. The maximum Gasteiger partial charge on any atom is 0.253 e. The minimum Gasteiger partial charge on any atom is -0.399 e. The first kappa shape index (κ1) is 15.3. The summed E-state index contributed by atoms with van der Waals surface area (Å²) in [5, 5.41) is 3.81. The Morgan fingerprint density at radius 1 is 1.43 bits per heavy atom. The van der Waals surface area contributed by atoms with E-state index in [4.69, 9.17) is 10.5 Å². The largest absolute Gasteiger partial charge is 0.399 e. The van der Waals surface area contributed by atoms with Gasteiger partial charge in [0.15, 0.2) is 0 Å². The predicted octanol–water partition coefficient (Wildman–Crippen LogP) is 1.06. The van der Waals surface area contributed by atoms with Crippen molar-refractivity contribution in [2.75, 3.05) is 46.1 Å². The number of nitrogens with zero attached hydrogens (tertiary/aromatic N) is 1. The standard InChI is InChI=1S/C15H22N4O2/c1-19(7-8-21-2)6-5-17-15(20)13-10-18-14-9-11(16)3-4-12(13)14/h3-4,9-10,18H,5-8,16H2,1-2H3,(H,17,20). The van der Waals surface area contributed by atoms with Crippen LogP contribution in [0.25, 0.3) is 10.9 Å². The molecule has 0 radical (unpaired) electrons. The normalized spacial score (nSPS) is 11.2. The highest BCUT2D eigenvalue weighted by Gasteiger charge is 2.11. The number of amides is 1. The number of benzene rings is 1. The van der Waals surface area contributed by atoms with E-state index in [1.165, 1.54) is 0 Å². The number of nitrogens with one attached hydrogen (secondary N) is 2. The molecule has 0 fully saturated rings. The number of likely N-dealkylation sites (N-methyl/N-ethyl adjacent to an activating group) is 1. The van der Waals surface area contributed by atoms with Crippen LogP contribution in [-0.2, 0) is 4.74 Å². The summed E-state index contributed by atoms with van der Waals surface area (Å²) in [7, 11) is 3.68. The van der Waals surface area contributed by atoms with Gasteiger partial charge < -0.3 is 25.7 Å². The van der Waals surface area contributed by atoms with Crippen molar-refractivity contribution < 1.29 is 9.53 Å². The SMILES string of the molecule is COCCN(C)CCNC(=O)c1c[nH]c2cc(N)ccc12. The molecule has 1 aromatic heterocycles. The van der Waals surface area contributed by atoms with Gasteiger partial charge in [0, 0.05) is 49.5 Å². The highest BCUT2D eigenvalue weighted by Crippen LogP contribution is 2.20. The number of carbonyl (C=O) groups is 1. The number of nitrogens with two attached hydrogens (primary N) is 1. The van der Waals surface area contributed by atoms with Crippen LogP contribution in [0.15, 0.2) is 24.4 Å². The van der Waals surface area contributed by atoms with Gasteiger partial charge in [-0.15, -0.1) is 0 Å². The zero-order valence-electron chi connectivity index (χ0n) is 12.5. The Morgan fingerprint density at radius 2 is 2.24 bits per heavy atom. The van der Waals surface area contributed by atoms with E-state index in [0.29, 0.717) is 24.4 Å². The third kappa shape index (κ3) is 3.96. The predicted molar refractivity (Wildman–Crippen MR) is 84.4 cm³/mol. The lowest BCUT2D eigenvalue weighted by Gasteiger charge is -2.16. The second-order valence-corrected chi connectivity index (χ2v) is 5.06. The van der Waals surface area contributed by atoms with Gasteiger partial charge >= 0.3 is 0 Å². The molecule has 1 heterocycles. The fourth-order valence-electron chi connectivity index (χ4n) is 2.15. The number of nitrogen functional groups attached to an aromatic ring is 1. The van der Waals surface area contributed by atoms with Crippen LogP contribution in [0.3, 0.4) is 0 Å². The molecule has 0 saturated heterocycles. The Balaban J connectivity index is 1.90. The number of aromatic amines is 1. The molecular formula is C15H22N4O2. The second kappa shape index (κ2) is 7.10. The lowest BCUT2D eigenvalue weighted by atomic mass is 10.1. The molecule has 6 nitrogen and oxygen atoms in total. The van der Waals surface area contributed by atoms with E-state index < -0.39 is 0 Å². The molecule has 0 spiro atoms. The van der Waals surface area contributed by atoms with Crippen LogP contribution in [0.1, 0.15) is 10.4 Å². The van der Waals surface area contributed by atoms with E-state index in [9.17, 15) is 4.79 Å². The summed E-state index contributed by atoms with van der Waals surface area (Å²) in [6, 6.07) is 5.48. The number of carbonyl (C=O) groups excluding carboxylic acids is 1. The molecule has 0 saturated carbocycles. The number of aromatic nitrogens is 1. The molecule has 0 bridgehead atoms. The van der Waals surface area contributed by atoms with E-state index in [1.807, 2.05) is 19.2 Å². The highest BCUT2D eigenvalue weighted by atomic mass is 16.5. The Hall–Kier alpha value is -2.05. The van der Waals surface area contributed by atoms with Crippen LogP contribution in [0.2, 0.25) is 0 Å². The van der Waals surface area contributed by atoms with Crippen LogP contribution < -0.4 is 11.1 Å². The number of methoxy groups -OCH3 is 1. The first-order valence-corrected chi connectivity index (χ1v) is 6.94. The monoisotopic (exact) mass is 290 g/mol. The summed E-state index contributed by atoms with van der Waals surface area (Å²) >= 11 is 0. The maximum atomic E-state index is 12.2. The van der Waals surface area contributed by atoms with E-state index in [1.54, 1.807) is 19.4 Å². The van der Waals surface area contributed by atoms with Crippen molar-refractivity contribution in [2.24, 2.45) is 0 Å². The van der Waals surface area contributed by atoms with Crippen LogP contribution in [0.5, 0.6) is 0 Å². The van der Waals surface area contributed by atoms with Gasteiger partial charge in [0.25, 0.3) is 5.91 Å². The van der Waals surface area contributed by atoms with Crippen LogP contribution in [0.4, 0.5) is 5.69 Å². The summed E-state index contributed by atoms with van der Waals surface area (Å²) in [6.07, 6.45) is 1.72. The number of H-pyrrole nitrogens is 1. The van der Waals surface area contributed by atoms with Gasteiger partial charge in [-0.3, -0.25) is 4.79 Å². The van der Waals surface area contributed by atoms with Gasteiger partial charge in [-0.05, 0) is 25.2 Å². The Bertz CT molecular complexity index is 609. The number of hydrogen-bond donors (Lipinski definition) is 3. The molecule has 6 heteroatoms. The molecule has 0 unspecified atom stereocenters. The highest BCUT2D eigenvalue weighted by molar-refractivity contribution is 6.07. The van der Waals surface area contributed by atoms with Crippen molar-refractivity contribution in [3.63, 3.8) is 0 Å². The Labute approximate surface area is 124 Å². The minimum absolute atomic E-state index is 0.0776. The number of anilines is 1. The van der Waals surface area contributed by atoms with E-state index in [2.05, 4.69) is 15.2 Å². The molecular weight excluding hydrogens is 268 g/mol. The molecule has 4 N–H and O–H groups in total. The summed E-state index contributed by atoms with van der Waals surface area (Å²) < 4.78 is 5.01. The molecule has 1 aromatic carbocycles. The first-order valence-electron chi connectivity index (χ1n) is 6.94. The van der Waals surface area contributed by atoms with Gasteiger partial charge in [-0.1, -0.05) is 0 Å². The fraction of sp³-hybridized carbons (Fsp3) is 0.400. The van der Waals surface area contributed by atoms with Crippen molar-refractivity contribution in [3.05, 3.63) is 30.0 Å². The maximum absolute atomic E-state index is 12.2. The molecule has 114 valence electrons. The lowest BCUT2D eigenvalue weighted by Crippen LogP contribution is -2.34. The van der Waals surface area contributed by atoms with Crippen LogP contribution in [0, 0.1) is 0 Å². The minimum atomic E-state index is -0.0776. The average molecular weight is 290 g/mol. The Kier molecular flexibility index (Phi) is 5.19. The van der Waals surface area contributed by atoms with Gasteiger partial charge in [0.1, 0.15) is 0 Å². The van der Waals surface area contributed by atoms with Crippen molar-refractivity contribution in [2.45, 2.75) is 0 Å². The number of rotatable bonds is 7. The zero-order valence-corrected chi connectivity index (χ0v) is 12.5. The topological polar surface area (TPSA) is 83.4 Å². The van der Waals surface area contributed by atoms with Crippen molar-refractivity contribution in [3.8, 4) is 0 Å². The second-order valence-electron chi connectivity index (χ2n) is 5.06. The summed E-state index contributed by atoms with van der Waals surface area (Å²) in [5.41, 5.74) is 7.92. The molecule has 0 aliphatic carbocycles. The summed E-state index contributed by atoms with van der Waals surface area (Å²) in [6.45, 7) is 2.91. The molecule has 1 amide bonds. The van der Waals surface area contributed by atoms with E-state index in [0.717, 1.165) is 24.0 Å². The van der Waals surface area contributed by atoms with Crippen molar-refractivity contribution in [1.29, 1.82) is 0 Å². The zero-order chi connectivity index (χ0) is 15.2. The molecule has 0 aliphatic heterocycles. The molecule has 2 rings (SSSR count). The number of fused-ring (bicyclic) bond motifs is 1. The lowest BCUT2D eigenvalue weighted by molar-refractivity contribution is 0.0949. The van der Waals surface area contributed by atoms with Crippen LogP contribution >= 0.6 is 0 Å². The summed E-state index contributed by atoms with van der Waals surface area (Å²) in [5.74, 6) is -0.0776.